The van der Waals surface area contributed by atoms with Gasteiger partial charge in [-0.15, -0.1) is 0 Å². The highest BCUT2D eigenvalue weighted by atomic mass is 31.2. The van der Waals surface area contributed by atoms with Crippen LogP contribution in [0.15, 0.2) is 12.2 Å². The smallest absolute Gasteiger partial charge is 0.456 e. The van der Waals surface area contributed by atoms with E-state index in [9.17, 15) is 19.0 Å². The van der Waals surface area contributed by atoms with Gasteiger partial charge in [0.2, 0.25) is 5.91 Å². The van der Waals surface area contributed by atoms with Crippen molar-refractivity contribution in [2.24, 2.45) is 0 Å². The third kappa shape index (κ3) is 59.4. The van der Waals surface area contributed by atoms with Gasteiger partial charge in [-0.1, -0.05) is 329 Å². The fourth-order valence-electron chi connectivity index (χ4n) is 10.7. The molecule has 0 aromatic rings. The molecule has 0 spiro atoms. The molecule has 0 fully saturated rings. The Labute approximate surface area is 486 Å². The van der Waals surface area contributed by atoms with E-state index in [1.165, 1.54) is 270 Å². The molecule has 0 aliphatic rings. The van der Waals surface area contributed by atoms with Gasteiger partial charge in [0.15, 0.2) is 0 Å². The number of hydrogen-bond donors (Lipinski definition) is 2. The first-order valence-corrected chi connectivity index (χ1v) is 36.0. The van der Waals surface area contributed by atoms with Crippen molar-refractivity contribution >= 4 is 19.7 Å². The van der Waals surface area contributed by atoms with Gasteiger partial charge in [0.05, 0.1) is 33.8 Å². The largest absolute Gasteiger partial charge is 0.472 e. The Kier molecular flexibility index (Phi) is 58.0. The summed E-state index contributed by atoms with van der Waals surface area (Å²) in [6.07, 6.45) is 69.4. The van der Waals surface area contributed by atoms with Gasteiger partial charge in [0.1, 0.15) is 19.3 Å². The molecule has 464 valence electrons. The number of nitrogens with one attached hydrogen (secondary N) is 1. The summed E-state index contributed by atoms with van der Waals surface area (Å²) in [7, 11) is 1.52. The monoisotopic (exact) mass is 1120 g/mol. The number of carbonyl (C=O) groups excluding carboxylic acids is 2. The molecular weight excluding hydrogens is 988 g/mol. The van der Waals surface area contributed by atoms with Crippen LogP contribution in [-0.4, -0.2) is 74.3 Å². The minimum absolute atomic E-state index is 0.0460. The molecule has 0 heterocycles. The van der Waals surface area contributed by atoms with Gasteiger partial charge in [-0.25, -0.2) is 4.57 Å². The topological polar surface area (TPSA) is 111 Å². The number of phosphoric ester groups is 1. The predicted octanol–water partition coefficient (Wildman–Crippen LogP) is 21.5. The van der Waals surface area contributed by atoms with Gasteiger partial charge in [0.25, 0.3) is 0 Å². The number of carbonyl (C=O) groups is 2. The number of ether oxygens (including phenoxy) is 1. The normalized spacial score (nSPS) is 13.6. The van der Waals surface area contributed by atoms with Gasteiger partial charge >= 0.3 is 13.8 Å². The van der Waals surface area contributed by atoms with Crippen LogP contribution in [0.25, 0.3) is 0 Å². The second-order valence-corrected chi connectivity index (χ2v) is 26.5. The lowest BCUT2D eigenvalue weighted by Gasteiger charge is -2.27. The number of rotatable bonds is 64. The van der Waals surface area contributed by atoms with E-state index in [0.717, 1.165) is 57.8 Å². The molecule has 0 rings (SSSR count). The zero-order valence-corrected chi connectivity index (χ0v) is 54.1. The number of nitrogens with zero attached hydrogens (tertiary/aromatic N) is 1. The average Bonchev–Trinajstić information content (AvgIpc) is 3.40. The van der Waals surface area contributed by atoms with E-state index < -0.39 is 20.0 Å². The van der Waals surface area contributed by atoms with Crippen molar-refractivity contribution in [2.75, 3.05) is 40.9 Å². The van der Waals surface area contributed by atoms with Gasteiger partial charge in [0, 0.05) is 12.8 Å². The molecule has 2 N–H and O–H groups in total. The first kappa shape index (κ1) is 76.8. The number of amides is 1. The SMILES string of the molecule is CCCCCCCCCCCC/C=C\C(OC(=O)CCCCCCCCCCCCCCCCC)C(COP(=O)(O)OCC[N+](C)(C)C)NC(=O)CCCCCCCCCCCCCCCCCCCCCCCCCCC. The Bertz CT molecular complexity index is 1340. The molecule has 9 nitrogen and oxygen atoms in total. The summed E-state index contributed by atoms with van der Waals surface area (Å²) in [5.41, 5.74) is 0. The molecule has 0 saturated carbocycles. The van der Waals surface area contributed by atoms with E-state index in [4.69, 9.17) is 13.8 Å². The van der Waals surface area contributed by atoms with Crippen molar-refractivity contribution in [1.29, 1.82) is 0 Å². The number of quaternary nitrogens is 1. The van der Waals surface area contributed by atoms with E-state index in [1.54, 1.807) is 0 Å². The maximum atomic E-state index is 13.6. The number of allylic oxidation sites excluding steroid dienone is 1. The van der Waals surface area contributed by atoms with Gasteiger partial charge in [-0.3, -0.25) is 18.6 Å². The van der Waals surface area contributed by atoms with Crippen LogP contribution in [-0.2, 0) is 27.9 Å². The molecule has 3 unspecified atom stereocenters. The van der Waals surface area contributed by atoms with E-state index >= 15 is 0 Å². The van der Waals surface area contributed by atoms with Crippen LogP contribution in [0.2, 0.25) is 0 Å². The number of phosphoric acid groups is 1. The van der Waals surface area contributed by atoms with Crippen molar-refractivity contribution < 1.29 is 37.3 Å². The summed E-state index contributed by atoms with van der Waals surface area (Å²) in [4.78, 5) is 37.8. The van der Waals surface area contributed by atoms with E-state index in [0.29, 0.717) is 23.9 Å². The second kappa shape index (κ2) is 58.9. The van der Waals surface area contributed by atoms with Gasteiger partial charge < -0.3 is 19.4 Å². The van der Waals surface area contributed by atoms with E-state index in [2.05, 4.69) is 26.1 Å². The van der Waals surface area contributed by atoms with Crippen molar-refractivity contribution in [2.45, 2.75) is 373 Å². The molecule has 78 heavy (non-hydrogen) atoms. The molecular formula is C68H136N2O7P+. The Hall–Kier alpha value is -1.25. The molecule has 0 aromatic carbocycles. The lowest BCUT2D eigenvalue weighted by molar-refractivity contribution is -0.870. The van der Waals surface area contributed by atoms with Crippen LogP contribution in [0, 0.1) is 0 Å². The van der Waals surface area contributed by atoms with Gasteiger partial charge in [-0.05, 0) is 31.8 Å². The lowest BCUT2D eigenvalue weighted by atomic mass is 10.0. The quantitative estimate of drug-likeness (QED) is 0.0205. The van der Waals surface area contributed by atoms with E-state index in [1.807, 2.05) is 33.3 Å². The Morgan fingerprint density at radius 1 is 0.436 bits per heavy atom. The Morgan fingerprint density at radius 2 is 0.731 bits per heavy atom. The molecule has 10 heteroatoms. The standard InChI is InChI=1S/C68H135N2O7P/c1-7-10-13-16-19-22-25-28-30-31-32-33-34-35-36-37-38-39-41-42-45-48-51-54-57-60-67(71)69-65(64-76-78(73,74)75-63-62-70(4,5)6)66(59-56-53-50-47-44-27-24-21-18-15-12-9-3)77-68(72)61-58-55-52-49-46-43-40-29-26-23-20-17-14-11-8-2/h56,59,65-66H,7-55,57-58,60-64H2,1-6H3,(H-,69,71,73,74)/p+1/b59-56-. The van der Waals surface area contributed by atoms with Crippen LogP contribution in [0.1, 0.15) is 361 Å². The molecule has 0 aromatic heterocycles. The van der Waals surface area contributed by atoms with Crippen LogP contribution in [0.3, 0.4) is 0 Å². The lowest BCUT2D eigenvalue weighted by Crippen LogP contribution is -2.47. The average molecular weight is 1120 g/mol. The Morgan fingerprint density at radius 3 is 1.05 bits per heavy atom. The number of esters is 1. The predicted molar refractivity (Wildman–Crippen MR) is 337 cm³/mol. The third-order valence-electron chi connectivity index (χ3n) is 16.0. The summed E-state index contributed by atoms with van der Waals surface area (Å²) in [5, 5.41) is 3.08. The van der Waals surface area contributed by atoms with Crippen LogP contribution in [0.4, 0.5) is 0 Å². The summed E-state index contributed by atoms with van der Waals surface area (Å²) in [6, 6.07) is -0.840. The van der Waals surface area contributed by atoms with Crippen LogP contribution in [0.5, 0.6) is 0 Å². The highest BCUT2D eigenvalue weighted by Gasteiger charge is 2.30. The molecule has 3 atom stereocenters. The molecule has 0 bridgehead atoms. The van der Waals surface area contributed by atoms with Crippen molar-refractivity contribution in [3.63, 3.8) is 0 Å². The highest BCUT2D eigenvalue weighted by Crippen LogP contribution is 2.43. The van der Waals surface area contributed by atoms with Crippen LogP contribution >= 0.6 is 7.82 Å². The van der Waals surface area contributed by atoms with E-state index in [-0.39, 0.29) is 25.1 Å². The minimum Gasteiger partial charge on any atom is -0.456 e. The first-order chi connectivity index (χ1) is 37.9. The second-order valence-electron chi connectivity index (χ2n) is 25.1. The summed E-state index contributed by atoms with van der Waals surface area (Å²) in [5.74, 6) is -0.480. The summed E-state index contributed by atoms with van der Waals surface area (Å²) < 4.78 is 30.8. The number of hydrogen-bond acceptors (Lipinski definition) is 6. The van der Waals surface area contributed by atoms with Crippen molar-refractivity contribution in [3.8, 4) is 0 Å². The fourth-order valence-corrected chi connectivity index (χ4v) is 11.4. The molecule has 0 aliphatic carbocycles. The molecule has 0 radical (unpaired) electrons. The van der Waals surface area contributed by atoms with Gasteiger partial charge in [-0.2, -0.15) is 0 Å². The number of unbranched alkanes of at least 4 members (excludes halogenated alkanes) is 48. The zero-order chi connectivity index (χ0) is 57.2. The van der Waals surface area contributed by atoms with Crippen molar-refractivity contribution in [3.05, 3.63) is 12.2 Å². The minimum atomic E-state index is -4.44. The number of likely N-dealkylation sites (N-methyl/N-ethyl adjacent to an activating group) is 1. The molecule has 0 saturated heterocycles. The third-order valence-corrected chi connectivity index (χ3v) is 17.0. The zero-order valence-electron chi connectivity index (χ0n) is 53.2. The molecule has 1 amide bonds. The molecule has 0 aliphatic heterocycles. The Balaban J connectivity index is 5.00. The maximum Gasteiger partial charge on any atom is 0.472 e. The first-order valence-electron chi connectivity index (χ1n) is 34.5. The highest BCUT2D eigenvalue weighted by molar-refractivity contribution is 7.47. The summed E-state index contributed by atoms with van der Waals surface area (Å²) >= 11 is 0. The fraction of sp³-hybridized carbons (Fsp3) is 0.941. The maximum absolute atomic E-state index is 13.6. The summed E-state index contributed by atoms with van der Waals surface area (Å²) in [6.45, 7) is 7.08. The van der Waals surface area contributed by atoms with Crippen LogP contribution < -0.4 is 5.32 Å². The van der Waals surface area contributed by atoms with Crippen molar-refractivity contribution in [1.82, 2.24) is 5.32 Å².